The fourth-order valence-corrected chi connectivity index (χ4v) is 2.19. The fraction of sp³-hybridized carbons (Fsp3) is 0.444. The summed E-state index contributed by atoms with van der Waals surface area (Å²) in [5.74, 6) is 1.46. The van der Waals surface area contributed by atoms with Crippen LogP contribution in [0.3, 0.4) is 0 Å². The number of aryl methyl sites for hydroxylation is 1. The quantitative estimate of drug-likeness (QED) is 0.818. The molecule has 0 bridgehead atoms. The highest BCUT2D eigenvalue weighted by Crippen LogP contribution is 2.21. The lowest BCUT2D eigenvalue weighted by Crippen LogP contribution is -2.26. The monoisotopic (exact) mass is 313 g/mol. The van der Waals surface area contributed by atoms with Gasteiger partial charge in [-0.15, -0.1) is 0 Å². The maximum Gasteiger partial charge on any atom is 0.229 e. The Morgan fingerprint density at radius 3 is 2.70 bits per heavy atom. The number of hydrogen-bond donors (Lipinski definition) is 2. The molecule has 2 rings (SSSR count). The summed E-state index contributed by atoms with van der Waals surface area (Å²) in [5, 5.41) is 6.67. The molecule has 23 heavy (non-hydrogen) atoms. The molecule has 5 heteroatoms. The first-order valence-corrected chi connectivity index (χ1v) is 8.04. The van der Waals surface area contributed by atoms with Gasteiger partial charge in [0.05, 0.1) is 0 Å². The number of benzene rings is 1. The molecule has 0 fully saturated rings. The van der Waals surface area contributed by atoms with E-state index in [0.29, 0.717) is 12.0 Å². The largest absolute Gasteiger partial charge is 0.370 e. The van der Waals surface area contributed by atoms with Crippen LogP contribution < -0.4 is 10.6 Å². The normalized spacial score (nSPS) is 12.3. The van der Waals surface area contributed by atoms with Gasteiger partial charge in [0.15, 0.2) is 0 Å². The van der Waals surface area contributed by atoms with Crippen LogP contribution in [0.15, 0.2) is 30.5 Å². The van der Waals surface area contributed by atoms with E-state index in [2.05, 4.69) is 66.4 Å². The summed E-state index contributed by atoms with van der Waals surface area (Å²) in [4.78, 5) is 11.1. The first-order valence-electron chi connectivity index (χ1n) is 8.04. The van der Waals surface area contributed by atoms with Crippen LogP contribution in [0.5, 0.6) is 0 Å². The molecule has 1 unspecified atom stereocenters. The van der Waals surface area contributed by atoms with Crippen LogP contribution >= 0.6 is 0 Å². The van der Waals surface area contributed by atoms with Gasteiger partial charge in [-0.25, -0.2) is 4.98 Å². The van der Waals surface area contributed by atoms with Gasteiger partial charge in [0.1, 0.15) is 5.82 Å². The zero-order chi connectivity index (χ0) is 16.8. The molecule has 0 radical (unpaired) electrons. The van der Waals surface area contributed by atoms with E-state index >= 15 is 0 Å². The molecular formula is C18H27N5. The summed E-state index contributed by atoms with van der Waals surface area (Å²) in [7, 11) is 4.20. The lowest BCUT2D eigenvalue weighted by molar-refractivity contribution is 0.304. The molecule has 0 spiro atoms. The SMILES string of the molecule is Cc1cccc(Nc2nccc(NCCC(C)N(C)C)n2)c1C. The third-order valence-electron chi connectivity index (χ3n) is 4.26. The molecular weight excluding hydrogens is 286 g/mol. The highest BCUT2D eigenvalue weighted by molar-refractivity contribution is 5.60. The molecule has 1 heterocycles. The van der Waals surface area contributed by atoms with Crippen LogP contribution in [0.4, 0.5) is 17.5 Å². The topological polar surface area (TPSA) is 53.1 Å². The van der Waals surface area contributed by atoms with E-state index in [0.717, 1.165) is 24.5 Å². The summed E-state index contributed by atoms with van der Waals surface area (Å²) in [5.41, 5.74) is 3.51. The van der Waals surface area contributed by atoms with Crippen LogP contribution in [0, 0.1) is 13.8 Å². The second-order valence-electron chi connectivity index (χ2n) is 6.17. The standard InChI is InChI=1S/C18H27N5/c1-13-7-6-8-16(15(13)3)21-18-20-12-10-17(22-18)19-11-9-14(2)23(4)5/h6-8,10,12,14H,9,11H2,1-5H3,(H2,19,20,21,22). The Balaban J connectivity index is 1.98. The van der Waals surface area contributed by atoms with E-state index < -0.39 is 0 Å². The first-order chi connectivity index (χ1) is 11.0. The third kappa shape index (κ3) is 4.93. The molecule has 0 aliphatic heterocycles. The van der Waals surface area contributed by atoms with Crippen molar-refractivity contribution in [2.24, 2.45) is 0 Å². The van der Waals surface area contributed by atoms with Crippen LogP contribution in [0.25, 0.3) is 0 Å². The summed E-state index contributed by atoms with van der Waals surface area (Å²) in [6.07, 6.45) is 2.84. The number of aromatic nitrogens is 2. The predicted molar refractivity (Wildman–Crippen MR) is 97.5 cm³/mol. The van der Waals surface area contributed by atoms with Gasteiger partial charge in [0.25, 0.3) is 0 Å². The minimum Gasteiger partial charge on any atom is -0.370 e. The minimum absolute atomic E-state index is 0.539. The van der Waals surface area contributed by atoms with Crippen molar-refractivity contribution in [2.75, 3.05) is 31.3 Å². The fourth-order valence-electron chi connectivity index (χ4n) is 2.19. The Labute approximate surface area is 139 Å². The Kier molecular flexibility index (Phi) is 5.93. The Hall–Kier alpha value is -2.14. The smallest absolute Gasteiger partial charge is 0.229 e. The van der Waals surface area contributed by atoms with E-state index in [1.165, 1.54) is 11.1 Å². The van der Waals surface area contributed by atoms with Crippen LogP contribution in [0.1, 0.15) is 24.5 Å². The van der Waals surface area contributed by atoms with Gasteiger partial charge in [0, 0.05) is 24.5 Å². The first kappa shape index (κ1) is 17.2. The van der Waals surface area contributed by atoms with Crippen molar-refractivity contribution in [1.29, 1.82) is 0 Å². The molecule has 0 aliphatic carbocycles. The van der Waals surface area contributed by atoms with E-state index in [1.807, 2.05) is 18.2 Å². The van der Waals surface area contributed by atoms with Crippen LogP contribution in [0.2, 0.25) is 0 Å². The summed E-state index contributed by atoms with van der Waals surface area (Å²) in [6.45, 7) is 7.31. The van der Waals surface area contributed by atoms with Gasteiger partial charge in [-0.2, -0.15) is 4.98 Å². The van der Waals surface area contributed by atoms with Crippen molar-refractivity contribution >= 4 is 17.5 Å². The van der Waals surface area contributed by atoms with Gasteiger partial charge in [-0.05, 0) is 64.5 Å². The van der Waals surface area contributed by atoms with E-state index in [1.54, 1.807) is 6.20 Å². The number of hydrogen-bond acceptors (Lipinski definition) is 5. The van der Waals surface area contributed by atoms with Crippen molar-refractivity contribution in [3.63, 3.8) is 0 Å². The zero-order valence-corrected chi connectivity index (χ0v) is 14.7. The molecule has 5 nitrogen and oxygen atoms in total. The number of anilines is 3. The highest BCUT2D eigenvalue weighted by atomic mass is 15.1. The van der Waals surface area contributed by atoms with E-state index in [-0.39, 0.29) is 0 Å². The van der Waals surface area contributed by atoms with Gasteiger partial charge in [-0.3, -0.25) is 0 Å². The molecule has 1 aromatic carbocycles. The molecule has 2 aromatic rings. The molecule has 0 aliphatic rings. The molecule has 1 atom stereocenters. The lowest BCUT2D eigenvalue weighted by Gasteiger charge is -2.19. The lowest BCUT2D eigenvalue weighted by atomic mass is 10.1. The van der Waals surface area contributed by atoms with Gasteiger partial charge >= 0.3 is 0 Å². The van der Waals surface area contributed by atoms with Gasteiger partial charge in [-0.1, -0.05) is 12.1 Å². The second kappa shape index (κ2) is 7.92. The molecule has 2 N–H and O–H groups in total. The van der Waals surface area contributed by atoms with E-state index in [9.17, 15) is 0 Å². The zero-order valence-electron chi connectivity index (χ0n) is 14.7. The van der Waals surface area contributed by atoms with Crippen LogP contribution in [-0.4, -0.2) is 41.5 Å². The predicted octanol–water partition coefficient (Wildman–Crippen LogP) is 3.59. The Bertz CT molecular complexity index is 639. The number of nitrogens with one attached hydrogen (secondary N) is 2. The second-order valence-corrected chi connectivity index (χ2v) is 6.17. The maximum atomic E-state index is 4.53. The number of rotatable bonds is 7. The van der Waals surface area contributed by atoms with E-state index in [4.69, 9.17) is 0 Å². The highest BCUT2D eigenvalue weighted by Gasteiger charge is 2.06. The van der Waals surface area contributed by atoms with Crippen molar-refractivity contribution in [2.45, 2.75) is 33.2 Å². The summed E-state index contributed by atoms with van der Waals surface area (Å²) in [6, 6.07) is 8.62. The summed E-state index contributed by atoms with van der Waals surface area (Å²) < 4.78 is 0. The molecule has 0 amide bonds. The summed E-state index contributed by atoms with van der Waals surface area (Å²) >= 11 is 0. The molecule has 1 aromatic heterocycles. The minimum atomic E-state index is 0.539. The average molecular weight is 313 g/mol. The van der Waals surface area contributed by atoms with Crippen molar-refractivity contribution in [1.82, 2.24) is 14.9 Å². The molecule has 124 valence electrons. The number of nitrogens with zero attached hydrogens (tertiary/aromatic N) is 3. The maximum absolute atomic E-state index is 4.53. The average Bonchev–Trinajstić information content (AvgIpc) is 2.52. The van der Waals surface area contributed by atoms with Gasteiger partial charge in [0.2, 0.25) is 5.95 Å². The van der Waals surface area contributed by atoms with Crippen molar-refractivity contribution in [3.8, 4) is 0 Å². The molecule has 0 saturated carbocycles. The van der Waals surface area contributed by atoms with Gasteiger partial charge < -0.3 is 15.5 Å². The van der Waals surface area contributed by atoms with Crippen molar-refractivity contribution < 1.29 is 0 Å². The third-order valence-corrected chi connectivity index (χ3v) is 4.26. The Morgan fingerprint density at radius 2 is 1.96 bits per heavy atom. The van der Waals surface area contributed by atoms with Crippen molar-refractivity contribution in [3.05, 3.63) is 41.6 Å². The Morgan fingerprint density at radius 1 is 1.17 bits per heavy atom. The molecule has 0 saturated heterocycles. The van der Waals surface area contributed by atoms with Crippen LogP contribution in [-0.2, 0) is 0 Å².